The molecule has 2 aromatic carbocycles. The van der Waals surface area contributed by atoms with Crippen LogP contribution in [0.5, 0.6) is 11.5 Å². The lowest BCUT2D eigenvalue weighted by atomic mass is 10.1. The van der Waals surface area contributed by atoms with Crippen molar-refractivity contribution in [2.45, 2.75) is 12.5 Å². The zero-order valence-electron chi connectivity index (χ0n) is 16.0. The summed E-state index contributed by atoms with van der Waals surface area (Å²) in [5.74, 6) is -2.60. The minimum atomic E-state index is -1.26. The predicted octanol–water partition coefficient (Wildman–Crippen LogP) is 2.02. The van der Waals surface area contributed by atoms with E-state index in [4.69, 9.17) is 10.2 Å². The fraction of sp³-hybridized carbons (Fsp3) is 0.238. The first-order chi connectivity index (χ1) is 13.7. The van der Waals surface area contributed by atoms with E-state index < -0.39 is 18.0 Å². The van der Waals surface area contributed by atoms with E-state index in [1.807, 2.05) is 30.1 Å². The van der Waals surface area contributed by atoms with Crippen LogP contribution in [-0.4, -0.2) is 62.5 Å². The number of carboxylic acids is 2. The van der Waals surface area contributed by atoms with Crippen LogP contribution in [0.4, 0.5) is 0 Å². The van der Waals surface area contributed by atoms with Crippen molar-refractivity contribution in [1.82, 2.24) is 4.90 Å². The Labute approximate surface area is 168 Å². The molecule has 1 atom stereocenters. The molecule has 0 unspecified atom stereocenters. The topological polar surface area (TPSA) is 139 Å². The number of likely N-dealkylation sites (N-methyl/N-ethyl adjacent to an activating group) is 1. The molecule has 0 aliphatic carbocycles. The maximum absolute atomic E-state index is 10.2. The average molecular weight is 403 g/mol. The van der Waals surface area contributed by atoms with Gasteiger partial charge < -0.3 is 30.4 Å². The van der Waals surface area contributed by atoms with Gasteiger partial charge >= 0.3 is 11.9 Å². The Morgan fingerprint density at radius 3 is 1.97 bits per heavy atom. The first-order valence-corrected chi connectivity index (χ1v) is 8.74. The van der Waals surface area contributed by atoms with E-state index in [-0.39, 0.29) is 11.5 Å². The SMILES string of the molecule is CN(CCc1ccccc1)C[C@H](O)c1cc(O)cc(O)c1.O=C(O)/C=C/C(=O)O. The molecule has 0 saturated heterocycles. The van der Waals surface area contributed by atoms with Gasteiger partial charge in [-0.1, -0.05) is 30.3 Å². The van der Waals surface area contributed by atoms with Crippen LogP contribution >= 0.6 is 0 Å². The maximum atomic E-state index is 10.2. The molecule has 0 fully saturated rings. The Bertz CT molecular complexity index is 785. The molecule has 0 aliphatic heterocycles. The summed E-state index contributed by atoms with van der Waals surface area (Å²) < 4.78 is 0. The van der Waals surface area contributed by atoms with Crippen LogP contribution < -0.4 is 0 Å². The zero-order chi connectivity index (χ0) is 21.8. The number of aliphatic hydroxyl groups excluding tert-OH is 1. The van der Waals surface area contributed by atoms with Gasteiger partial charge in [-0.25, -0.2) is 9.59 Å². The van der Waals surface area contributed by atoms with E-state index in [2.05, 4.69) is 12.1 Å². The minimum absolute atomic E-state index is 0.0454. The molecule has 8 heteroatoms. The molecular formula is C21H25NO7. The van der Waals surface area contributed by atoms with Crippen LogP contribution in [0.1, 0.15) is 17.2 Å². The number of benzene rings is 2. The molecule has 5 N–H and O–H groups in total. The first kappa shape index (κ1) is 23.7. The smallest absolute Gasteiger partial charge is 0.328 e. The number of nitrogens with zero attached hydrogens (tertiary/aromatic N) is 1. The van der Waals surface area contributed by atoms with Crippen molar-refractivity contribution in [2.75, 3.05) is 20.1 Å². The van der Waals surface area contributed by atoms with Crippen LogP contribution in [-0.2, 0) is 16.0 Å². The second-order valence-corrected chi connectivity index (χ2v) is 6.31. The third-order valence-corrected chi connectivity index (χ3v) is 3.79. The van der Waals surface area contributed by atoms with Gasteiger partial charge in [0.1, 0.15) is 11.5 Å². The Balaban J connectivity index is 0.000000447. The standard InChI is InChI=1S/C17H21NO3.C4H4O4/c1-18(8-7-13-5-3-2-4-6-13)12-17(21)14-9-15(19)11-16(20)10-14;5-3(6)1-2-4(7)8/h2-6,9-11,17,19-21H,7-8,12H2,1H3;1-2H,(H,5,6)(H,7,8)/b;2-1+/t17-;/m0./s1. The van der Waals surface area contributed by atoms with Crippen LogP contribution in [0, 0.1) is 0 Å². The molecule has 0 saturated carbocycles. The summed E-state index contributed by atoms with van der Waals surface area (Å²) in [4.78, 5) is 21.1. The summed E-state index contributed by atoms with van der Waals surface area (Å²) in [5, 5.41) is 44.7. The largest absolute Gasteiger partial charge is 0.508 e. The summed E-state index contributed by atoms with van der Waals surface area (Å²) in [7, 11) is 1.94. The lowest BCUT2D eigenvalue weighted by molar-refractivity contribution is -0.134. The van der Waals surface area contributed by atoms with E-state index in [0.717, 1.165) is 13.0 Å². The number of phenols is 2. The van der Waals surface area contributed by atoms with Crippen molar-refractivity contribution in [3.63, 3.8) is 0 Å². The molecule has 0 bridgehead atoms. The van der Waals surface area contributed by atoms with Gasteiger partial charge in [-0.3, -0.25) is 0 Å². The first-order valence-electron chi connectivity index (χ1n) is 8.74. The van der Waals surface area contributed by atoms with Gasteiger partial charge in [0.2, 0.25) is 0 Å². The van der Waals surface area contributed by atoms with Crippen LogP contribution in [0.15, 0.2) is 60.7 Å². The fourth-order valence-electron chi connectivity index (χ4n) is 2.41. The summed E-state index contributed by atoms with van der Waals surface area (Å²) >= 11 is 0. The Hall–Kier alpha value is -3.36. The molecule has 0 heterocycles. The maximum Gasteiger partial charge on any atom is 0.328 e. The number of rotatable bonds is 8. The van der Waals surface area contributed by atoms with E-state index in [1.165, 1.54) is 23.8 Å². The summed E-state index contributed by atoms with van der Waals surface area (Å²) in [6.45, 7) is 1.27. The molecule has 29 heavy (non-hydrogen) atoms. The molecule has 0 aromatic heterocycles. The number of carbonyl (C=O) groups is 2. The number of aliphatic carboxylic acids is 2. The number of hydrogen-bond donors (Lipinski definition) is 5. The van der Waals surface area contributed by atoms with Gasteiger partial charge in [0.05, 0.1) is 6.10 Å². The van der Waals surface area contributed by atoms with E-state index in [9.17, 15) is 24.9 Å². The van der Waals surface area contributed by atoms with Crippen molar-refractivity contribution < 1.29 is 35.1 Å². The molecule has 0 amide bonds. The normalized spacial score (nSPS) is 11.7. The lowest BCUT2D eigenvalue weighted by Gasteiger charge is -2.21. The Morgan fingerprint density at radius 1 is 0.966 bits per heavy atom. The quantitative estimate of drug-likeness (QED) is 0.422. The highest BCUT2D eigenvalue weighted by atomic mass is 16.4. The fourth-order valence-corrected chi connectivity index (χ4v) is 2.41. The summed E-state index contributed by atoms with van der Waals surface area (Å²) in [6, 6.07) is 14.4. The average Bonchev–Trinajstić information content (AvgIpc) is 2.65. The molecule has 0 spiro atoms. The van der Waals surface area contributed by atoms with Crippen molar-refractivity contribution in [3.05, 3.63) is 71.8 Å². The van der Waals surface area contributed by atoms with Crippen molar-refractivity contribution >= 4 is 11.9 Å². The Morgan fingerprint density at radius 2 is 1.48 bits per heavy atom. The van der Waals surface area contributed by atoms with Crippen molar-refractivity contribution in [1.29, 1.82) is 0 Å². The third kappa shape index (κ3) is 10.5. The number of hydrogen-bond acceptors (Lipinski definition) is 6. The molecule has 2 rings (SSSR count). The Kier molecular flexibility index (Phi) is 9.94. The van der Waals surface area contributed by atoms with Gasteiger partial charge in [0, 0.05) is 31.3 Å². The molecule has 156 valence electrons. The van der Waals surface area contributed by atoms with Crippen molar-refractivity contribution in [3.8, 4) is 11.5 Å². The molecule has 0 radical (unpaired) electrons. The van der Waals surface area contributed by atoms with E-state index >= 15 is 0 Å². The van der Waals surface area contributed by atoms with Crippen LogP contribution in [0.25, 0.3) is 0 Å². The highest BCUT2D eigenvalue weighted by molar-refractivity contribution is 5.89. The van der Waals surface area contributed by atoms with Gasteiger partial charge in [-0.2, -0.15) is 0 Å². The van der Waals surface area contributed by atoms with Crippen LogP contribution in [0.2, 0.25) is 0 Å². The van der Waals surface area contributed by atoms with E-state index in [0.29, 0.717) is 24.3 Å². The third-order valence-electron chi connectivity index (χ3n) is 3.79. The van der Waals surface area contributed by atoms with Crippen molar-refractivity contribution in [2.24, 2.45) is 0 Å². The monoisotopic (exact) mass is 403 g/mol. The van der Waals surface area contributed by atoms with Gasteiger partial charge in [0.25, 0.3) is 0 Å². The van der Waals surface area contributed by atoms with Gasteiger partial charge in [-0.15, -0.1) is 0 Å². The van der Waals surface area contributed by atoms with E-state index in [1.54, 1.807) is 0 Å². The number of aliphatic hydroxyl groups is 1. The zero-order valence-corrected chi connectivity index (χ0v) is 16.0. The molecule has 0 aliphatic rings. The molecule has 8 nitrogen and oxygen atoms in total. The van der Waals surface area contributed by atoms with Gasteiger partial charge in [-0.05, 0) is 36.7 Å². The number of aromatic hydroxyl groups is 2. The number of phenolic OH excluding ortho intramolecular Hbond substituents is 2. The molecule has 2 aromatic rings. The lowest BCUT2D eigenvalue weighted by Crippen LogP contribution is -2.26. The van der Waals surface area contributed by atoms with Gasteiger partial charge in [0.15, 0.2) is 0 Å². The van der Waals surface area contributed by atoms with Crippen LogP contribution in [0.3, 0.4) is 0 Å². The second kappa shape index (κ2) is 12.2. The second-order valence-electron chi connectivity index (χ2n) is 6.31. The molecular weight excluding hydrogens is 378 g/mol. The highest BCUT2D eigenvalue weighted by Gasteiger charge is 2.12. The minimum Gasteiger partial charge on any atom is -0.508 e. The summed E-state index contributed by atoms with van der Waals surface area (Å²) in [5.41, 5.74) is 1.77. The highest BCUT2D eigenvalue weighted by Crippen LogP contribution is 2.25. The predicted molar refractivity (Wildman–Crippen MR) is 107 cm³/mol. The number of carboxylic acid groups (broad SMARTS) is 2. The summed E-state index contributed by atoms with van der Waals surface area (Å²) in [6.07, 6.45) is 1.28.